The predicted octanol–water partition coefficient (Wildman–Crippen LogP) is 3.46. The molecule has 1 heterocycles. The standard InChI is InChI=1S/C26H31BrN4O3/c1-17-6-8-18(9-7-17)25(33)30-14-3-15-31(26(34)19-4-2-5-20(27)16-19)24(30)23(32)29-22-12-10-21(28)11-13-22/h2,4-9,16,21-22,24H,3,10-15,28H2,1H3,(H,29,32). The maximum atomic E-state index is 13.6. The molecule has 1 aliphatic heterocycles. The van der Waals surface area contributed by atoms with Crippen LogP contribution < -0.4 is 11.1 Å². The molecule has 1 saturated carbocycles. The van der Waals surface area contributed by atoms with Gasteiger partial charge in [-0.25, -0.2) is 0 Å². The van der Waals surface area contributed by atoms with Gasteiger partial charge >= 0.3 is 0 Å². The number of carbonyl (C=O) groups excluding carboxylic acids is 3. The molecule has 8 heteroatoms. The number of hydrogen-bond donors (Lipinski definition) is 2. The summed E-state index contributed by atoms with van der Waals surface area (Å²) in [5, 5.41) is 3.11. The van der Waals surface area contributed by atoms with Crippen LogP contribution >= 0.6 is 15.9 Å². The fourth-order valence-corrected chi connectivity index (χ4v) is 5.12. The third kappa shape index (κ3) is 5.50. The third-order valence-corrected chi connectivity index (χ3v) is 7.13. The zero-order valence-corrected chi connectivity index (χ0v) is 21.0. The van der Waals surface area contributed by atoms with Gasteiger partial charge in [0.2, 0.25) is 0 Å². The van der Waals surface area contributed by atoms with Crippen molar-refractivity contribution < 1.29 is 14.4 Å². The SMILES string of the molecule is Cc1ccc(C(=O)N2CCCN(C(=O)c3cccc(Br)c3)C2C(=O)NC2CCC(N)CC2)cc1. The van der Waals surface area contributed by atoms with Crippen molar-refractivity contribution in [2.45, 2.75) is 57.3 Å². The van der Waals surface area contributed by atoms with Gasteiger partial charge in [0.25, 0.3) is 17.7 Å². The van der Waals surface area contributed by atoms with Gasteiger partial charge in [-0.15, -0.1) is 0 Å². The number of carbonyl (C=O) groups is 3. The molecule has 1 unspecified atom stereocenters. The van der Waals surface area contributed by atoms with Gasteiger partial charge in [-0.1, -0.05) is 39.7 Å². The van der Waals surface area contributed by atoms with E-state index in [1.807, 2.05) is 25.1 Å². The van der Waals surface area contributed by atoms with E-state index >= 15 is 0 Å². The fraction of sp³-hybridized carbons (Fsp3) is 0.423. The zero-order chi connectivity index (χ0) is 24.2. The van der Waals surface area contributed by atoms with Crippen molar-refractivity contribution in [3.05, 3.63) is 69.7 Å². The number of hydrogen-bond acceptors (Lipinski definition) is 4. The Balaban J connectivity index is 1.63. The second-order valence-electron chi connectivity index (χ2n) is 9.22. The van der Waals surface area contributed by atoms with Gasteiger partial charge in [-0.05, 0) is 69.4 Å². The van der Waals surface area contributed by atoms with Gasteiger partial charge in [0.1, 0.15) is 0 Å². The molecule has 0 spiro atoms. The van der Waals surface area contributed by atoms with Gasteiger partial charge in [-0.3, -0.25) is 14.4 Å². The number of amides is 3. The highest BCUT2D eigenvalue weighted by atomic mass is 79.9. The monoisotopic (exact) mass is 526 g/mol. The van der Waals surface area contributed by atoms with Crippen LogP contribution in [0.2, 0.25) is 0 Å². The summed E-state index contributed by atoms with van der Waals surface area (Å²) in [4.78, 5) is 43.7. The molecule has 2 aliphatic rings. The van der Waals surface area contributed by atoms with Gasteiger partial charge in [-0.2, -0.15) is 0 Å². The lowest BCUT2D eigenvalue weighted by atomic mass is 9.91. The number of nitrogens with zero attached hydrogens (tertiary/aromatic N) is 2. The first kappa shape index (κ1) is 24.4. The average Bonchev–Trinajstić information content (AvgIpc) is 2.84. The number of rotatable bonds is 4. The average molecular weight is 527 g/mol. The Kier molecular flexibility index (Phi) is 7.68. The Bertz CT molecular complexity index is 1050. The maximum Gasteiger partial charge on any atom is 0.264 e. The van der Waals surface area contributed by atoms with Crippen LogP contribution in [-0.4, -0.2) is 58.9 Å². The molecule has 3 N–H and O–H groups in total. The summed E-state index contributed by atoms with van der Waals surface area (Å²) in [6.45, 7) is 2.76. The van der Waals surface area contributed by atoms with Gasteiger partial charge < -0.3 is 20.9 Å². The summed E-state index contributed by atoms with van der Waals surface area (Å²) in [7, 11) is 0. The highest BCUT2D eigenvalue weighted by Crippen LogP contribution is 2.24. The smallest absolute Gasteiger partial charge is 0.264 e. The molecule has 2 aromatic carbocycles. The van der Waals surface area contributed by atoms with Crippen LogP contribution in [0.4, 0.5) is 0 Å². The van der Waals surface area contributed by atoms with Crippen LogP contribution in [0.25, 0.3) is 0 Å². The van der Waals surface area contributed by atoms with E-state index in [4.69, 9.17) is 5.73 Å². The Labute approximate surface area is 208 Å². The summed E-state index contributed by atoms with van der Waals surface area (Å²) < 4.78 is 0.780. The minimum absolute atomic E-state index is 0.00613. The van der Waals surface area contributed by atoms with Crippen LogP contribution in [0, 0.1) is 6.92 Å². The lowest BCUT2D eigenvalue weighted by Crippen LogP contribution is -2.64. The van der Waals surface area contributed by atoms with E-state index in [9.17, 15) is 14.4 Å². The number of benzene rings is 2. The fourth-order valence-electron chi connectivity index (χ4n) is 4.72. The minimum atomic E-state index is -1.01. The van der Waals surface area contributed by atoms with E-state index in [1.165, 1.54) is 9.80 Å². The second-order valence-corrected chi connectivity index (χ2v) is 10.1. The first-order chi connectivity index (χ1) is 16.3. The quantitative estimate of drug-likeness (QED) is 0.637. The number of aryl methyl sites for hydroxylation is 1. The molecule has 34 heavy (non-hydrogen) atoms. The van der Waals surface area contributed by atoms with E-state index in [0.717, 1.165) is 35.7 Å². The number of halogens is 1. The topological polar surface area (TPSA) is 95.7 Å². The van der Waals surface area contributed by atoms with E-state index in [0.29, 0.717) is 30.6 Å². The molecule has 1 saturated heterocycles. The van der Waals surface area contributed by atoms with E-state index in [2.05, 4.69) is 21.2 Å². The van der Waals surface area contributed by atoms with Crippen LogP contribution in [0.3, 0.4) is 0 Å². The van der Waals surface area contributed by atoms with Crippen molar-refractivity contribution in [3.63, 3.8) is 0 Å². The molecule has 7 nitrogen and oxygen atoms in total. The van der Waals surface area contributed by atoms with Crippen molar-refractivity contribution in [3.8, 4) is 0 Å². The Morgan fingerprint density at radius 2 is 1.53 bits per heavy atom. The normalized spacial score (nSPS) is 22.9. The van der Waals surface area contributed by atoms with Crippen molar-refractivity contribution in [2.75, 3.05) is 13.1 Å². The highest BCUT2D eigenvalue weighted by Gasteiger charge is 2.41. The Morgan fingerprint density at radius 1 is 0.912 bits per heavy atom. The Morgan fingerprint density at radius 3 is 2.15 bits per heavy atom. The molecule has 1 aliphatic carbocycles. The highest BCUT2D eigenvalue weighted by molar-refractivity contribution is 9.10. The molecule has 2 aromatic rings. The predicted molar refractivity (Wildman–Crippen MR) is 134 cm³/mol. The molecule has 180 valence electrons. The second kappa shape index (κ2) is 10.7. The summed E-state index contributed by atoms with van der Waals surface area (Å²) in [5.41, 5.74) is 8.05. The van der Waals surface area contributed by atoms with E-state index in [-0.39, 0.29) is 29.8 Å². The van der Waals surface area contributed by atoms with Gasteiger partial charge in [0.15, 0.2) is 6.17 Å². The van der Waals surface area contributed by atoms with Gasteiger partial charge in [0, 0.05) is 40.8 Å². The summed E-state index contributed by atoms with van der Waals surface area (Å²) in [6.07, 6.45) is 2.88. The molecule has 0 radical (unpaired) electrons. The minimum Gasteiger partial charge on any atom is -0.350 e. The van der Waals surface area contributed by atoms with Crippen LogP contribution in [0.5, 0.6) is 0 Å². The maximum absolute atomic E-state index is 13.6. The molecular weight excluding hydrogens is 496 g/mol. The van der Waals surface area contributed by atoms with Crippen LogP contribution in [0.15, 0.2) is 53.0 Å². The van der Waals surface area contributed by atoms with Crippen molar-refractivity contribution in [1.82, 2.24) is 15.1 Å². The molecular formula is C26H31BrN4O3. The largest absolute Gasteiger partial charge is 0.350 e. The third-order valence-electron chi connectivity index (χ3n) is 6.63. The molecule has 0 bridgehead atoms. The van der Waals surface area contributed by atoms with Crippen molar-refractivity contribution in [2.24, 2.45) is 5.73 Å². The summed E-state index contributed by atoms with van der Waals surface area (Å²) >= 11 is 3.42. The van der Waals surface area contributed by atoms with Crippen LogP contribution in [0.1, 0.15) is 58.4 Å². The first-order valence-electron chi connectivity index (χ1n) is 11.8. The first-order valence-corrected chi connectivity index (χ1v) is 12.6. The van der Waals surface area contributed by atoms with E-state index in [1.54, 1.807) is 30.3 Å². The zero-order valence-electron chi connectivity index (χ0n) is 19.4. The van der Waals surface area contributed by atoms with Gasteiger partial charge in [0.05, 0.1) is 0 Å². The molecule has 1 atom stereocenters. The summed E-state index contributed by atoms with van der Waals surface area (Å²) in [5.74, 6) is -0.838. The molecule has 2 fully saturated rings. The lowest BCUT2D eigenvalue weighted by Gasteiger charge is -2.43. The molecule has 4 rings (SSSR count). The van der Waals surface area contributed by atoms with Crippen molar-refractivity contribution in [1.29, 1.82) is 0 Å². The summed E-state index contributed by atoms with van der Waals surface area (Å²) in [6, 6.07) is 14.5. The number of nitrogens with one attached hydrogen (secondary N) is 1. The van der Waals surface area contributed by atoms with E-state index < -0.39 is 6.17 Å². The Hall–Kier alpha value is -2.71. The molecule has 3 amide bonds. The van der Waals surface area contributed by atoms with Crippen LogP contribution in [-0.2, 0) is 4.79 Å². The van der Waals surface area contributed by atoms with Crippen molar-refractivity contribution >= 4 is 33.7 Å². The molecule has 0 aromatic heterocycles. The number of nitrogens with two attached hydrogens (primary N) is 1. The lowest BCUT2D eigenvalue weighted by molar-refractivity contribution is -0.133.